The van der Waals surface area contributed by atoms with Gasteiger partial charge in [0.15, 0.2) is 0 Å². The molecule has 4 heteroatoms. The van der Waals surface area contributed by atoms with Crippen LogP contribution >= 0.6 is 22.6 Å². The summed E-state index contributed by atoms with van der Waals surface area (Å²) in [7, 11) is 0. The summed E-state index contributed by atoms with van der Waals surface area (Å²) in [6.45, 7) is 2.15. The summed E-state index contributed by atoms with van der Waals surface area (Å²) in [6, 6.07) is 15.5. The molecule has 0 bridgehead atoms. The van der Waals surface area contributed by atoms with Crippen molar-refractivity contribution in [2.24, 2.45) is 0 Å². The Balaban J connectivity index is 2.35. The molecular weight excluding hydrogens is 377 g/mol. The van der Waals surface area contributed by atoms with Gasteiger partial charge in [-0.25, -0.2) is 4.79 Å². The number of hydrogen-bond donors (Lipinski definition) is 0. The molecule has 0 saturated carbocycles. The Morgan fingerprint density at radius 2 is 1.95 bits per heavy atom. The summed E-state index contributed by atoms with van der Waals surface area (Å²) in [5.74, 6) is -0.339. The number of hydrogen-bond acceptors (Lipinski definition) is 3. The van der Waals surface area contributed by atoms with Crippen LogP contribution in [-0.4, -0.2) is 17.6 Å². The number of pyridine rings is 1. The minimum Gasteiger partial charge on any atom is -0.462 e. The highest BCUT2D eigenvalue weighted by atomic mass is 127. The average Bonchev–Trinajstić information content (AvgIpc) is 2.54. The van der Waals surface area contributed by atoms with Gasteiger partial charge in [0.25, 0.3) is 0 Å². The van der Waals surface area contributed by atoms with Crippen molar-refractivity contribution in [3.05, 3.63) is 72.1 Å². The predicted molar refractivity (Wildman–Crippen MR) is 92.1 cm³/mol. The second-order valence-electron chi connectivity index (χ2n) is 4.33. The molecule has 0 aliphatic carbocycles. The van der Waals surface area contributed by atoms with Gasteiger partial charge in [-0.1, -0.05) is 65.1 Å². The van der Waals surface area contributed by atoms with Crippen LogP contribution in [0.4, 0.5) is 0 Å². The lowest BCUT2D eigenvalue weighted by Gasteiger charge is -2.10. The van der Waals surface area contributed by atoms with Crippen LogP contribution in [0, 0.1) is 0 Å². The zero-order chi connectivity index (χ0) is 15.1. The van der Waals surface area contributed by atoms with Gasteiger partial charge < -0.3 is 4.74 Å². The van der Waals surface area contributed by atoms with Crippen molar-refractivity contribution in [2.75, 3.05) is 6.61 Å². The Kier molecular flexibility index (Phi) is 5.92. The summed E-state index contributed by atoms with van der Waals surface area (Å²) in [6.07, 6.45) is 3.57. The molecule has 2 rings (SSSR count). The van der Waals surface area contributed by atoms with Crippen LogP contribution in [-0.2, 0) is 9.53 Å². The molecule has 1 heterocycles. The molecule has 21 heavy (non-hydrogen) atoms. The summed E-state index contributed by atoms with van der Waals surface area (Å²) in [4.78, 5) is 16.4. The number of nitrogens with zero attached hydrogens (tertiary/aromatic N) is 1. The van der Waals surface area contributed by atoms with Crippen LogP contribution < -0.4 is 0 Å². The molecule has 2 aromatic rings. The third-order valence-corrected chi connectivity index (χ3v) is 3.95. The standard InChI is InChI=1S/C17H16INO2/c1-2-21-17(20)14(16-10-6-7-11-19-16)12-15(18)13-8-4-3-5-9-13/h3-12,15H,2H2,1H3/b14-12+. The van der Waals surface area contributed by atoms with Crippen molar-refractivity contribution >= 4 is 34.1 Å². The minimum atomic E-state index is -0.339. The summed E-state index contributed by atoms with van der Waals surface area (Å²) < 4.78 is 5.22. The van der Waals surface area contributed by atoms with Crippen LogP contribution in [0.25, 0.3) is 5.57 Å². The number of carbonyl (C=O) groups is 1. The average molecular weight is 393 g/mol. The van der Waals surface area contributed by atoms with Gasteiger partial charge in [-0.05, 0) is 24.6 Å². The maximum absolute atomic E-state index is 12.2. The molecule has 0 aliphatic heterocycles. The molecule has 3 nitrogen and oxygen atoms in total. The summed E-state index contributed by atoms with van der Waals surface area (Å²) >= 11 is 2.30. The molecule has 1 aromatic carbocycles. The molecule has 108 valence electrons. The number of carbonyl (C=O) groups excluding carboxylic acids is 1. The second kappa shape index (κ2) is 7.93. The van der Waals surface area contributed by atoms with Gasteiger partial charge in [0.05, 0.1) is 21.8 Å². The number of halogens is 1. The van der Waals surface area contributed by atoms with E-state index >= 15 is 0 Å². The molecule has 0 spiro atoms. The maximum atomic E-state index is 12.2. The number of alkyl halides is 1. The lowest BCUT2D eigenvalue weighted by molar-refractivity contribution is -0.136. The van der Waals surface area contributed by atoms with E-state index in [1.54, 1.807) is 13.1 Å². The fourth-order valence-electron chi connectivity index (χ4n) is 1.87. The first-order valence-corrected chi connectivity index (χ1v) is 7.96. The second-order valence-corrected chi connectivity index (χ2v) is 5.67. The Morgan fingerprint density at radius 3 is 2.57 bits per heavy atom. The van der Waals surface area contributed by atoms with E-state index in [1.807, 2.05) is 54.6 Å². The highest BCUT2D eigenvalue weighted by Gasteiger charge is 2.16. The van der Waals surface area contributed by atoms with Crippen molar-refractivity contribution < 1.29 is 9.53 Å². The topological polar surface area (TPSA) is 39.2 Å². The van der Waals surface area contributed by atoms with Gasteiger partial charge in [-0.15, -0.1) is 0 Å². The number of aromatic nitrogens is 1. The first-order valence-electron chi connectivity index (χ1n) is 6.71. The van der Waals surface area contributed by atoms with Crippen LogP contribution in [0.2, 0.25) is 0 Å². The van der Waals surface area contributed by atoms with Crippen LogP contribution in [0.1, 0.15) is 22.1 Å². The van der Waals surface area contributed by atoms with Crippen LogP contribution in [0.3, 0.4) is 0 Å². The molecule has 0 radical (unpaired) electrons. The quantitative estimate of drug-likeness (QED) is 0.331. The normalized spacial score (nSPS) is 12.8. The van der Waals surface area contributed by atoms with Crippen molar-refractivity contribution in [3.8, 4) is 0 Å². The molecule has 0 aliphatic rings. The first-order chi connectivity index (χ1) is 10.2. The van der Waals surface area contributed by atoms with Crippen molar-refractivity contribution in [1.29, 1.82) is 0 Å². The Hall–Kier alpha value is -1.69. The van der Waals surface area contributed by atoms with E-state index in [0.29, 0.717) is 17.9 Å². The van der Waals surface area contributed by atoms with Gasteiger partial charge in [0.2, 0.25) is 0 Å². The molecule has 0 saturated heterocycles. The lowest BCUT2D eigenvalue weighted by atomic mass is 10.1. The number of rotatable bonds is 5. The minimum absolute atomic E-state index is 0.0743. The van der Waals surface area contributed by atoms with Crippen molar-refractivity contribution in [2.45, 2.75) is 10.8 Å². The van der Waals surface area contributed by atoms with E-state index in [-0.39, 0.29) is 9.89 Å². The molecule has 1 aromatic heterocycles. The largest absolute Gasteiger partial charge is 0.462 e. The zero-order valence-electron chi connectivity index (χ0n) is 11.7. The van der Waals surface area contributed by atoms with Gasteiger partial charge in [-0.3, -0.25) is 4.98 Å². The molecule has 1 atom stereocenters. The lowest BCUT2D eigenvalue weighted by Crippen LogP contribution is -2.08. The van der Waals surface area contributed by atoms with Gasteiger partial charge in [0.1, 0.15) is 0 Å². The molecule has 1 unspecified atom stereocenters. The Bertz CT molecular complexity index is 611. The van der Waals surface area contributed by atoms with Crippen molar-refractivity contribution in [3.63, 3.8) is 0 Å². The van der Waals surface area contributed by atoms with E-state index < -0.39 is 0 Å². The molecular formula is C17H16INO2. The van der Waals surface area contributed by atoms with E-state index in [0.717, 1.165) is 5.56 Å². The predicted octanol–water partition coefficient (Wildman–Crippen LogP) is 4.20. The van der Waals surface area contributed by atoms with E-state index in [2.05, 4.69) is 27.6 Å². The molecule has 0 amide bonds. The number of allylic oxidation sites excluding steroid dienone is 1. The van der Waals surface area contributed by atoms with Gasteiger partial charge in [-0.2, -0.15) is 0 Å². The Morgan fingerprint density at radius 1 is 1.24 bits per heavy atom. The smallest absolute Gasteiger partial charge is 0.340 e. The number of benzene rings is 1. The van der Waals surface area contributed by atoms with E-state index in [9.17, 15) is 4.79 Å². The zero-order valence-corrected chi connectivity index (χ0v) is 13.9. The van der Waals surface area contributed by atoms with Gasteiger partial charge in [0, 0.05) is 6.20 Å². The maximum Gasteiger partial charge on any atom is 0.340 e. The highest BCUT2D eigenvalue weighted by molar-refractivity contribution is 14.1. The SMILES string of the molecule is CCOC(=O)/C(=C/C(I)c1ccccc1)c1ccccn1. The van der Waals surface area contributed by atoms with E-state index in [1.165, 1.54) is 0 Å². The highest BCUT2D eigenvalue weighted by Crippen LogP contribution is 2.28. The molecule has 0 fully saturated rings. The van der Waals surface area contributed by atoms with Crippen molar-refractivity contribution in [1.82, 2.24) is 4.98 Å². The fraction of sp³-hybridized carbons (Fsp3) is 0.176. The Labute approximate surface area is 138 Å². The number of esters is 1. The van der Waals surface area contributed by atoms with Crippen LogP contribution in [0.5, 0.6) is 0 Å². The first kappa shape index (κ1) is 15.7. The van der Waals surface area contributed by atoms with E-state index in [4.69, 9.17) is 4.74 Å². The van der Waals surface area contributed by atoms with Crippen LogP contribution in [0.15, 0.2) is 60.8 Å². The third kappa shape index (κ3) is 4.39. The number of ether oxygens (including phenoxy) is 1. The summed E-state index contributed by atoms with van der Waals surface area (Å²) in [5.41, 5.74) is 2.27. The monoisotopic (exact) mass is 393 g/mol. The van der Waals surface area contributed by atoms with Gasteiger partial charge >= 0.3 is 5.97 Å². The molecule has 0 N–H and O–H groups in total. The fourth-order valence-corrected chi connectivity index (χ4v) is 2.64. The third-order valence-electron chi connectivity index (χ3n) is 2.87. The summed E-state index contributed by atoms with van der Waals surface area (Å²) in [5, 5.41) is 0.